The summed E-state index contributed by atoms with van der Waals surface area (Å²) in [4.78, 5) is 0. The Kier molecular flexibility index (Phi) is 3.97. The van der Waals surface area contributed by atoms with Crippen LogP contribution in [0, 0.1) is 23.4 Å². The molecule has 1 unspecified atom stereocenters. The van der Waals surface area contributed by atoms with Gasteiger partial charge in [-0.2, -0.15) is 0 Å². The number of hydrogen-bond donors (Lipinski definition) is 0. The van der Waals surface area contributed by atoms with E-state index >= 15 is 0 Å². The van der Waals surface area contributed by atoms with Gasteiger partial charge in [0.05, 0.1) is 5.38 Å². The molecular formula is C13H14ClF3. The lowest BCUT2D eigenvalue weighted by Crippen LogP contribution is -2.15. The fourth-order valence-electron chi connectivity index (χ4n) is 2.48. The maximum atomic E-state index is 13.6. The molecule has 0 bridgehead atoms. The molecule has 17 heavy (non-hydrogen) atoms. The summed E-state index contributed by atoms with van der Waals surface area (Å²) >= 11 is 6.15. The van der Waals surface area contributed by atoms with Crippen LogP contribution >= 0.6 is 11.6 Å². The van der Waals surface area contributed by atoms with E-state index < -0.39 is 22.8 Å². The monoisotopic (exact) mass is 262 g/mol. The molecule has 1 aliphatic rings. The summed E-state index contributed by atoms with van der Waals surface area (Å²) in [7, 11) is 0. The molecule has 4 heteroatoms. The van der Waals surface area contributed by atoms with Crippen LogP contribution in [0.1, 0.15) is 43.0 Å². The molecule has 0 nitrogen and oxygen atoms in total. The van der Waals surface area contributed by atoms with Crippen molar-refractivity contribution in [2.45, 2.75) is 37.5 Å². The van der Waals surface area contributed by atoms with Gasteiger partial charge in [-0.05, 0) is 18.8 Å². The summed E-state index contributed by atoms with van der Waals surface area (Å²) in [6.45, 7) is 0. The highest BCUT2D eigenvalue weighted by atomic mass is 35.5. The second kappa shape index (κ2) is 5.30. The molecule has 0 amide bonds. The van der Waals surface area contributed by atoms with Crippen LogP contribution in [-0.4, -0.2) is 0 Å². The van der Waals surface area contributed by atoms with Gasteiger partial charge in [-0.15, -0.1) is 11.6 Å². The van der Waals surface area contributed by atoms with Gasteiger partial charge in [0.25, 0.3) is 0 Å². The smallest absolute Gasteiger partial charge is 0.133 e. The van der Waals surface area contributed by atoms with Crippen LogP contribution in [0.25, 0.3) is 0 Å². The van der Waals surface area contributed by atoms with Crippen molar-refractivity contribution >= 4 is 11.6 Å². The Labute approximate surface area is 104 Å². The first kappa shape index (κ1) is 12.7. The first-order valence-electron chi connectivity index (χ1n) is 5.88. The third kappa shape index (κ3) is 2.76. The summed E-state index contributed by atoms with van der Waals surface area (Å²) in [6.07, 6.45) is 4.99. The van der Waals surface area contributed by atoms with Gasteiger partial charge in [0.2, 0.25) is 0 Å². The molecule has 0 aromatic heterocycles. The summed E-state index contributed by atoms with van der Waals surface area (Å²) in [6, 6.07) is 1.38. The lowest BCUT2D eigenvalue weighted by atomic mass is 9.84. The largest absolute Gasteiger partial charge is 0.207 e. The standard InChI is InChI=1S/C13H14ClF3/c14-13(8-4-2-1-3-5-8)12-10(16)6-9(15)7-11(12)17/h6-8,13H,1-5H2. The average Bonchev–Trinajstić information content (AvgIpc) is 2.28. The highest BCUT2D eigenvalue weighted by molar-refractivity contribution is 6.21. The summed E-state index contributed by atoms with van der Waals surface area (Å²) in [5.74, 6) is -2.59. The van der Waals surface area contributed by atoms with E-state index in [0.717, 1.165) is 32.1 Å². The van der Waals surface area contributed by atoms with Crippen molar-refractivity contribution in [3.8, 4) is 0 Å². The van der Waals surface area contributed by atoms with Gasteiger partial charge in [-0.25, -0.2) is 13.2 Å². The van der Waals surface area contributed by atoms with Crippen LogP contribution in [0.4, 0.5) is 13.2 Å². The van der Waals surface area contributed by atoms with Gasteiger partial charge in [-0.3, -0.25) is 0 Å². The second-order valence-electron chi connectivity index (χ2n) is 4.58. The van der Waals surface area contributed by atoms with Crippen molar-refractivity contribution in [1.82, 2.24) is 0 Å². The molecule has 94 valence electrons. The molecule has 0 radical (unpaired) electrons. The Hall–Kier alpha value is -0.700. The Bertz CT molecular complexity index is 377. The molecule has 1 saturated carbocycles. The van der Waals surface area contributed by atoms with Gasteiger partial charge >= 0.3 is 0 Å². The molecule has 0 saturated heterocycles. The minimum Gasteiger partial charge on any atom is -0.207 e. The molecule has 0 N–H and O–H groups in total. The lowest BCUT2D eigenvalue weighted by Gasteiger charge is -2.26. The fourth-order valence-corrected chi connectivity index (χ4v) is 2.94. The van der Waals surface area contributed by atoms with Gasteiger partial charge in [0.1, 0.15) is 17.5 Å². The maximum absolute atomic E-state index is 13.6. The van der Waals surface area contributed by atoms with E-state index in [4.69, 9.17) is 11.6 Å². The van der Waals surface area contributed by atoms with Crippen LogP contribution in [0.15, 0.2) is 12.1 Å². The van der Waals surface area contributed by atoms with E-state index in [0.29, 0.717) is 12.1 Å². The average molecular weight is 263 g/mol. The third-order valence-corrected chi connectivity index (χ3v) is 3.96. The van der Waals surface area contributed by atoms with Crippen molar-refractivity contribution in [2.24, 2.45) is 5.92 Å². The van der Waals surface area contributed by atoms with Crippen molar-refractivity contribution in [1.29, 1.82) is 0 Å². The van der Waals surface area contributed by atoms with Gasteiger partial charge < -0.3 is 0 Å². The lowest BCUT2D eigenvalue weighted by molar-refractivity contribution is 0.339. The van der Waals surface area contributed by atoms with Crippen LogP contribution < -0.4 is 0 Å². The number of benzene rings is 1. The summed E-state index contributed by atoms with van der Waals surface area (Å²) in [5, 5.41) is -0.698. The Balaban J connectivity index is 2.26. The fraction of sp³-hybridized carbons (Fsp3) is 0.538. The predicted molar refractivity (Wildman–Crippen MR) is 61.5 cm³/mol. The predicted octanol–water partition coefficient (Wildman–Crippen LogP) is 4.96. The van der Waals surface area contributed by atoms with Crippen molar-refractivity contribution in [3.63, 3.8) is 0 Å². The Morgan fingerprint density at radius 2 is 1.53 bits per heavy atom. The van der Waals surface area contributed by atoms with Gasteiger partial charge in [-0.1, -0.05) is 19.3 Å². The summed E-state index contributed by atoms with van der Waals surface area (Å²) < 4.78 is 39.9. The zero-order valence-corrected chi connectivity index (χ0v) is 10.1. The van der Waals surface area contributed by atoms with Crippen molar-refractivity contribution in [3.05, 3.63) is 35.1 Å². The number of halogens is 4. The molecule has 1 aliphatic carbocycles. The van der Waals surface area contributed by atoms with Crippen LogP contribution in [0.3, 0.4) is 0 Å². The molecule has 0 aliphatic heterocycles. The number of hydrogen-bond acceptors (Lipinski definition) is 0. The van der Waals surface area contributed by atoms with E-state index in [1.807, 2.05) is 0 Å². The van der Waals surface area contributed by atoms with Gasteiger partial charge in [0, 0.05) is 17.7 Å². The first-order chi connectivity index (χ1) is 8.09. The molecule has 0 spiro atoms. The van der Waals surface area contributed by atoms with E-state index in [-0.39, 0.29) is 11.5 Å². The molecule has 0 heterocycles. The van der Waals surface area contributed by atoms with E-state index in [9.17, 15) is 13.2 Å². The summed E-state index contributed by atoms with van der Waals surface area (Å²) in [5.41, 5.74) is -0.181. The van der Waals surface area contributed by atoms with Gasteiger partial charge in [0.15, 0.2) is 0 Å². The van der Waals surface area contributed by atoms with Crippen molar-refractivity contribution in [2.75, 3.05) is 0 Å². The van der Waals surface area contributed by atoms with Crippen LogP contribution in [-0.2, 0) is 0 Å². The highest BCUT2D eigenvalue weighted by Crippen LogP contribution is 2.40. The molecule has 1 atom stereocenters. The highest BCUT2D eigenvalue weighted by Gasteiger charge is 2.28. The SMILES string of the molecule is Fc1cc(F)c(C(Cl)C2CCCCC2)c(F)c1. The minimum absolute atomic E-state index is 0.0832. The molecule has 1 aromatic rings. The minimum atomic E-state index is -0.906. The normalized spacial score (nSPS) is 19.3. The maximum Gasteiger partial charge on any atom is 0.133 e. The second-order valence-corrected chi connectivity index (χ2v) is 5.05. The first-order valence-corrected chi connectivity index (χ1v) is 6.31. The Morgan fingerprint density at radius 3 is 2.06 bits per heavy atom. The number of alkyl halides is 1. The molecule has 1 fully saturated rings. The Morgan fingerprint density at radius 1 is 1.00 bits per heavy atom. The zero-order chi connectivity index (χ0) is 12.4. The topological polar surface area (TPSA) is 0 Å². The zero-order valence-electron chi connectivity index (χ0n) is 9.36. The van der Waals surface area contributed by atoms with Crippen LogP contribution in [0.2, 0.25) is 0 Å². The molecule has 2 rings (SSSR count). The van der Waals surface area contributed by atoms with E-state index in [1.165, 1.54) is 0 Å². The van der Waals surface area contributed by atoms with Crippen molar-refractivity contribution < 1.29 is 13.2 Å². The van der Waals surface area contributed by atoms with Crippen LogP contribution in [0.5, 0.6) is 0 Å². The quantitative estimate of drug-likeness (QED) is 0.661. The molecular weight excluding hydrogens is 249 g/mol. The van der Waals surface area contributed by atoms with E-state index in [2.05, 4.69) is 0 Å². The number of rotatable bonds is 2. The third-order valence-electron chi connectivity index (χ3n) is 3.38. The molecule has 1 aromatic carbocycles. The van der Waals surface area contributed by atoms with E-state index in [1.54, 1.807) is 0 Å².